The lowest BCUT2D eigenvalue weighted by molar-refractivity contribution is -0.0372. The van der Waals surface area contributed by atoms with Crippen LogP contribution in [0, 0.1) is 0 Å². The van der Waals surface area contributed by atoms with Gasteiger partial charge in [0.1, 0.15) is 18.0 Å². The lowest BCUT2D eigenvalue weighted by Gasteiger charge is -2.40. The molecular weight excluding hydrogens is 398 g/mol. The van der Waals surface area contributed by atoms with Crippen molar-refractivity contribution in [2.75, 3.05) is 5.32 Å². The number of anilines is 2. The molecule has 1 saturated heterocycles. The van der Waals surface area contributed by atoms with E-state index in [1.165, 1.54) is 4.57 Å². The maximum atomic E-state index is 12.8. The highest BCUT2D eigenvalue weighted by molar-refractivity contribution is 6.74. The van der Waals surface area contributed by atoms with Crippen molar-refractivity contribution in [1.29, 1.82) is 0 Å². The molecule has 7 nitrogen and oxygen atoms in total. The van der Waals surface area contributed by atoms with Crippen LogP contribution in [-0.2, 0) is 9.16 Å². The van der Waals surface area contributed by atoms with Gasteiger partial charge in [0.25, 0.3) is 0 Å². The molecule has 8 heteroatoms. The zero-order valence-electron chi connectivity index (χ0n) is 18.6. The Morgan fingerprint density at radius 1 is 1.23 bits per heavy atom. The minimum atomic E-state index is -2.20. The molecule has 30 heavy (non-hydrogen) atoms. The number of aromatic nitrogens is 2. The summed E-state index contributed by atoms with van der Waals surface area (Å²) in [5, 5.41) is 14.0. The smallest absolute Gasteiger partial charge is 0.351 e. The summed E-state index contributed by atoms with van der Waals surface area (Å²) in [4.78, 5) is 17.0. The van der Waals surface area contributed by atoms with Crippen molar-refractivity contribution < 1.29 is 14.3 Å². The Balaban J connectivity index is 1.88. The lowest BCUT2D eigenvalue weighted by atomic mass is 10.1. The van der Waals surface area contributed by atoms with Crippen LogP contribution in [0.4, 0.5) is 11.5 Å². The normalized spacial score (nSPS) is 24.8. The number of hydrogen-bond donors (Lipinski definition) is 2. The number of ether oxygens (including phenoxy) is 1. The molecule has 4 atom stereocenters. The maximum Gasteiger partial charge on any atom is 0.351 e. The van der Waals surface area contributed by atoms with Crippen LogP contribution in [0.5, 0.6) is 0 Å². The van der Waals surface area contributed by atoms with E-state index in [2.05, 4.69) is 44.2 Å². The van der Waals surface area contributed by atoms with Crippen LogP contribution in [0.3, 0.4) is 0 Å². The van der Waals surface area contributed by atoms with Crippen molar-refractivity contribution in [3.8, 4) is 0 Å². The molecule has 164 valence electrons. The van der Waals surface area contributed by atoms with E-state index in [0.717, 1.165) is 5.69 Å². The predicted octanol–water partition coefficient (Wildman–Crippen LogP) is 4.05. The zero-order chi connectivity index (χ0) is 22.1. The standard InChI is InChI=1S/C22H33N3O4Si/c1-7-16-18(26)19(29-30(5,6)22(2,3)4)20(28-16)25-14-13-17(24-21(25)27)23-15-11-9-8-10-12-15/h8-14,16,18-20,26H,7H2,1-6H3,(H,23,24,27)/t16-,18+,19?,20-/m1/s1. The first kappa shape index (κ1) is 22.7. The van der Waals surface area contributed by atoms with Crippen LogP contribution in [0.15, 0.2) is 47.4 Å². The Kier molecular flexibility index (Phi) is 6.52. The van der Waals surface area contributed by atoms with Crippen LogP contribution in [0.1, 0.15) is 40.3 Å². The summed E-state index contributed by atoms with van der Waals surface area (Å²) in [7, 11) is -2.20. The highest BCUT2D eigenvalue weighted by Gasteiger charge is 2.50. The lowest BCUT2D eigenvalue weighted by Crippen LogP contribution is -2.49. The molecule has 0 spiro atoms. The molecule has 0 amide bonds. The van der Waals surface area contributed by atoms with E-state index >= 15 is 0 Å². The summed E-state index contributed by atoms with van der Waals surface area (Å²) in [6.07, 6.45) is -0.252. The SMILES string of the molecule is CC[C@H]1O[C@@H](n2ccc(Nc3ccccc3)nc2=O)C(O[Si](C)(C)C(C)(C)C)[C@H]1O. The summed E-state index contributed by atoms with van der Waals surface area (Å²) in [5.41, 5.74) is 0.397. The second-order valence-electron chi connectivity index (χ2n) is 9.30. The Morgan fingerprint density at radius 2 is 1.90 bits per heavy atom. The van der Waals surface area contributed by atoms with Gasteiger partial charge >= 0.3 is 5.69 Å². The van der Waals surface area contributed by atoms with E-state index in [1.54, 1.807) is 12.3 Å². The zero-order valence-corrected chi connectivity index (χ0v) is 19.6. The van der Waals surface area contributed by atoms with Gasteiger partial charge in [-0.3, -0.25) is 4.57 Å². The van der Waals surface area contributed by atoms with E-state index in [-0.39, 0.29) is 5.04 Å². The summed E-state index contributed by atoms with van der Waals surface area (Å²) >= 11 is 0. The molecule has 3 rings (SSSR count). The number of para-hydroxylation sites is 1. The van der Waals surface area contributed by atoms with Gasteiger partial charge in [-0.15, -0.1) is 0 Å². The number of rotatable bonds is 6. The van der Waals surface area contributed by atoms with Crippen LogP contribution in [-0.4, -0.2) is 41.3 Å². The van der Waals surface area contributed by atoms with E-state index in [1.807, 2.05) is 37.3 Å². The number of aliphatic hydroxyl groups excluding tert-OH is 1. The summed E-state index contributed by atoms with van der Waals surface area (Å²) < 4.78 is 14.0. The molecule has 2 N–H and O–H groups in total. The Hall–Kier alpha value is -2.00. The number of benzene rings is 1. The molecule has 1 aliphatic rings. The van der Waals surface area contributed by atoms with Crippen LogP contribution in [0.25, 0.3) is 0 Å². The average Bonchev–Trinajstić information content (AvgIpc) is 2.97. The van der Waals surface area contributed by atoms with Gasteiger partial charge in [-0.25, -0.2) is 4.79 Å². The number of nitrogens with one attached hydrogen (secondary N) is 1. The van der Waals surface area contributed by atoms with Gasteiger partial charge in [0, 0.05) is 11.9 Å². The first-order valence-corrected chi connectivity index (χ1v) is 13.4. The van der Waals surface area contributed by atoms with E-state index in [0.29, 0.717) is 12.2 Å². The minimum Gasteiger partial charge on any atom is -0.407 e. The van der Waals surface area contributed by atoms with Crippen molar-refractivity contribution in [2.45, 2.75) is 76.8 Å². The minimum absolute atomic E-state index is 0.0335. The molecule has 1 fully saturated rings. The van der Waals surface area contributed by atoms with Crippen LogP contribution >= 0.6 is 0 Å². The predicted molar refractivity (Wildman–Crippen MR) is 120 cm³/mol. The molecule has 0 saturated carbocycles. The van der Waals surface area contributed by atoms with Crippen LogP contribution < -0.4 is 11.0 Å². The fourth-order valence-electron chi connectivity index (χ4n) is 3.27. The van der Waals surface area contributed by atoms with Crippen LogP contribution in [0.2, 0.25) is 18.1 Å². The maximum absolute atomic E-state index is 12.8. The molecule has 1 aromatic carbocycles. The quantitative estimate of drug-likeness (QED) is 0.671. The largest absolute Gasteiger partial charge is 0.407 e. The van der Waals surface area contributed by atoms with Gasteiger partial charge in [-0.2, -0.15) is 4.98 Å². The molecule has 1 aliphatic heterocycles. The van der Waals surface area contributed by atoms with Gasteiger partial charge in [-0.1, -0.05) is 45.9 Å². The van der Waals surface area contributed by atoms with E-state index in [9.17, 15) is 9.90 Å². The first-order valence-electron chi connectivity index (χ1n) is 10.5. The fourth-order valence-corrected chi connectivity index (χ4v) is 4.56. The molecule has 1 aromatic heterocycles. The Morgan fingerprint density at radius 3 is 2.47 bits per heavy atom. The average molecular weight is 432 g/mol. The van der Waals surface area contributed by atoms with Crippen molar-refractivity contribution in [3.63, 3.8) is 0 Å². The second-order valence-corrected chi connectivity index (χ2v) is 14.1. The molecule has 0 aliphatic carbocycles. The monoisotopic (exact) mass is 431 g/mol. The molecule has 2 heterocycles. The van der Waals surface area contributed by atoms with Crippen molar-refractivity contribution in [2.24, 2.45) is 0 Å². The summed E-state index contributed by atoms with van der Waals surface area (Å²) in [6, 6.07) is 11.3. The van der Waals surface area contributed by atoms with Gasteiger partial charge in [0.15, 0.2) is 14.5 Å². The number of nitrogens with zero attached hydrogens (tertiary/aromatic N) is 2. The highest BCUT2D eigenvalue weighted by atomic mass is 28.4. The van der Waals surface area contributed by atoms with Crippen molar-refractivity contribution in [3.05, 3.63) is 53.1 Å². The summed E-state index contributed by atoms with van der Waals surface area (Å²) in [5.74, 6) is 0.454. The van der Waals surface area contributed by atoms with Crippen molar-refractivity contribution in [1.82, 2.24) is 9.55 Å². The van der Waals surface area contributed by atoms with Crippen molar-refractivity contribution >= 4 is 19.8 Å². The fraction of sp³-hybridized carbons (Fsp3) is 0.545. The molecule has 1 unspecified atom stereocenters. The van der Waals surface area contributed by atoms with E-state index in [4.69, 9.17) is 9.16 Å². The highest BCUT2D eigenvalue weighted by Crippen LogP contribution is 2.42. The molecule has 0 radical (unpaired) electrons. The first-order chi connectivity index (χ1) is 14.0. The van der Waals surface area contributed by atoms with Gasteiger partial charge in [0.05, 0.1) is 6.10 Å². The van der Waals surface area contributed by atoms with Gasteiger partial charge in [-0.05, 0) is 42.8 Å². The molecule has 2 aromatic rings. The second kappa shape index (κ2) is 8.62. The molecular formula is C22H33N3O4Si. The summed E-state index contributed by atoms with van der Waals surface area (Å²) in [6.45, 7) is 12.6. The third kappa shape index (κ3) is 4.67. The third-order valence-electron chi connectivity index (χ3n) is 6.10. The van der Waals surface area contributed by atoms with Gasteiger partial charge < -0.3 is 19.6 Å². The Bertz CT molecular complexity index is 911. The van der Waals surface area contributed by atoms with Gasteiger partial charge in [0.2, 0.25) is 0 Å². The number of aliphatic hydroxyl groups is 1. The van der Waals surface area contributed by atoms with E-state index < -0.39 is 38.5 Å². The topological polar surface area (TPSA) is 85.6 Å². The Labute approximate surface area is 179 Å². The molecule has 0 bridgehead atoms. The number of hydrogen-bond acceptors (Lipinski definition) is 6. The third-order valence-corrected chi connectivity index (χ3v) is 10.6.